The number of amides is 1. The van der Waals surface area contributed by atoms with Crippen LogP contribution in [-0.2, 0) is 17.9 Å². The predicted octanol–water partition coefficient (Wildman–Crippen LogP) is 1.19. The van der Waals surface area contributed by atoms with E-state index in [0.29, 0.717) is 13.1 Å². The molecule has 6 nitrogen and oxygen atoms in total. The molecule has 0 fully saturated rings. The van der Waals surface area contributed by atoms with Gasteiger partial charge in [0.25, 0.3) is 0 Å². The number of hydrogen-bond donors (Lipinski definition) is 2. The summed E-state index contributed by atoms with van der Waals surface area (Å²) in [5, 5.41) is 10.2. The summed E-state index contributed by atoms with van der Waals surface area (Å²) in [5.41, 5.74) is 1.04. The molecule has 0 unspecified atom stereocenters. The van der Waals surface area contributed by atoms with Crippen molar-refractivity contribution in [2.24, 2.45) is 0 Å². The van der Waals surface area contributed by atoms with Gasteiger partial charge in [0.2, 0.25) is 5.91 Å². The molecule has 0 aliphatic heterocycles. The molecule has 0 saturated carbocycles. The van der Waals surface area contributed by atoms with E-state index in [9.17, 15) is 4.79 Å². The Labute approximate surface area is 130 Å². The first-order chi connectivity index (χ1) is 10.7. The van der Waals surface area contributed by atoms with E-state index in [-0.39, 0.29) is 11.9 Å². The third-order valence-electron chi connectivity index (χ3n) is 3.28. The molecule has 0 radical (unpaired) electrons. The number of rotatable bonds is 8. The van der Waals surface area contributed by atoms with Gasteiger partial charge in [0.1, 0.15) is 5.75 Å². The quantitative estimate of drug-likeness (QED) is 0.768. The minimum Gasteiger partial charge on any atom is -0.497 e. The number of ether oxygens (including phenoxy) is 1. The van der Waals surface area contributed by atoms with Gasteiger partial charge in [0, 0.05) is 25.0 Å². The lowest BCUT2D eigenvalue weighted by Gasteiger charge is -2.14. The molecule has 1 atom stereocenters. The summed E-state index contributed by atoms with van der Waals surface area (Å²) < 4.78 is 6.94. The summed E-state index contributed by atoms with van der Waals surface area (Å²) >= 11 is 0. The standard InChI is InChI=1S/C16H22N4O2/c1-13(12-20-9-3-8-19-20)17-11-16(21)18-10-14-4-6-15(22-2)7-5-14/h3-9,13,17H,10-12H2,1-2H3,(H,18,21)/t13-/m0/s1. The topological polar surface area (TPSA) is 68.2 Å². The third kappa shape index (κ3) is 5.21. The summed E-state index contributed by atoms with van der Waals surface area (Å²) in [4.78, 5) is 11.8. The Kier molecular flexibility index (Phi) is 5.97. The minimum atomic E-state index is -0.0249. The van der Waals surface area contributed by atoms with Gasteiger partial charge in [-0.05, 0) is 30.7 Å². The van der Waals surface area contributed by atoms with E-state index < -0.39 is 0 Å². The zero-order chi connectivity index (χ0) is 15.8. The smallest absolute Gasteiger partial charge is 0.234 e. The number of hydrogen-bond acceptors (Lipinski definition) is 4. The molecule has 0 aliphatic rings. The number of nitrogens with zero attached hydrogens (tertiary/aromatic N) is 2. The molecule has 1 aromatic heterocycles. The Bertz CT molecular complexity index is 566. The maximum absolute atomic E-state index is 11.8. The Hall–Kier alpha value is -2.34. The number of carbonyl (C=O) groups excluding carboxylic acids is 1. The monoisotopic (exact) mass is 302 g/mol. The molecule has 1 amide bonds. The Morgan fingerprint density at radius 3 is 2.77 bits per heavy atom. The lowest BCUT2D eigenvalue weighted by Crippen LogP contribution is -2.39. The number of carbonyl (C=O) groups is 1. The van der Waals surface area contributed by atoms with Crippen LogP contribution in [0.4, 0.5) is 0 Å². The van der Waals surface area contributed by atoms with Crippen LogP contribution in [0.2, 0.25) is 0 Å². The van der Waals surface area contributed by atoms with Crippen molar-refractivity contribution < 1.29 is 9.53 Å². The second-order valence-corrected chi connectivity index (χ2v) is 5.13. The first-order valence-corrected chi connectivity index (χ1v) is 7.28. The van der Waals surface area contributed by atoms with Crippen molar-refractivity contribution >= 4 is 5.91 Å². The lowest BCUT2D eigenvalue weighted by atomic mass is 10.2. The van der Waals surface area contributed by atoms with Crippen LogP contribution >= 0.6 is 0 Å². The van der Waals surface area contributed by atoms with Crippen molar-refractivity contribution in [1.82, 2.24) is 20.4 Å². The van der Waals surface area contributed by atoms with Crippen molar-refractivity contribution in [2.45, 2.75) is 26.1 Å². The molecule has 1 heterocycles. The molecule has 1 aromatic carbocycles. The van der Waals surface area contributed by atoms with E-state index in [2.05, 4.69) is 15.7 Å². The van der Waals surface area contributed by atoms with E-state index in [1.807, 2.05) is 48.1 Å². The van der Waals surface area contributed by atoms with E-state index in [1.54, 1.807) is 13.3 Å². The molecular formula is C16H22N4O2. The minimum absolute atomic E-state index is 0.0249. The maximum atomic E-state index is 11.8. The van der Waals surface area contributed by atoms with Crippen LogP contribution < -0.4 is 15.4 Å². The van der Waals surface area contributed by atoms with Crippen LogP contribution in [-0.4, -0.2) is 35.4 Å². The van der Waals surface area contributed by atoms with Gasteiger partial charge < -0.3 is 15.4 Å². The van der Waals surface area contributed by atoms with Crippen LogP contribution in [0.5, 0.6) is 5.75 Å². The summed E-state index contributed by atoms with van der Waals surface area (Å²) in [7, 11) is 1.63. The van der Waals surface area contributed by atoms with Crippen LogP contribution in [0.3, 0.4) is 0 Å². The molecule has 6 heteroatoms. The van der Waals surface area contributed by atoms with E-state index in [4.69, 9.17) is 4.74 Å². The summed E-state index contributed by atoms with van der Waals surface area (Å²) in [6.07, 6.45) is 3.65. The van der Waals surface area contributed by atoms with Gasteiger partial charge in [-0.2, -0.15) is 5.10 Å². The van der Waals surface area contributed by atoms with Gasteiger partial charge in [-0.15, -0.1) is 0 Å². The van der Waals surface area contributed by atoms with Gasteiger partial charge in [0.05, 0.1) is 20.2 Å². The van der Waals surface area contributed by atoms with Gasteiger partial charge in [-0.1, -0.05) is 12.1 Å². The number of aromatic nitrogens is 2. The average Bonchev–Trinajstić information content (AvgIpc) is 3.04. The maximum Gasteiger partial charge on any atom is 0.234 e. The van der Waals surface area contributed by atoms with E-state index in [1.165, 1.54) is 0 Å². The largest absolute Gasteiger partial charge is 0.497 e. The van der Waals surface area contributed by atoms with Gasteiger partial charge in [0.15, 0.2) is 0 Å². The molecule has 2 aromatic rings. The summed E-state index contributed by atoms with van der Waals surface area (Å²) in [5.74, 6) is 0.785. The predicted molar refractivity (Wildman–Crippen MR) is 84.5 cm³/mol. The molecule has 22 heavy (non-hydrogen) atoms. The van der Waals surface area contributed by atoms with Gasteiger partial charge in [-0.25, -0.2) is 0 Å². The average molecular weight is 302 g/mol. The number of nitrogens with one attached hydrogen (secondary N) is 2. The first kappa shape index (κ1) is 16.0. The zero-order valence-corrected chi connectivity index (χ0v) is 13.0. The van der Waals surface area contributed by atoms with Crippen molar-refractivity contribution in [2.75, 3.05) is 13.7 Å². The van der Waals surface area contributed by atoms with Gasteiger partial charge >= 0.3 is 0 Å². The van der Waals surface area contributed by atoms with Crippen LogP contribution in [0.15, 0.2) is 42.7 Å². The highest BCUT2D eigenvalue weighted by atomic mass is 16.5. The fraction of sp³-hybridized carbons (Fsp3) is 0.375. The highest BCUT2D eigenvalue weighted by Gasteiger charge is 2.06. The SMILES string of the molecule is COc1ccc(CNC(=O)CN[C@@H](C)Cn2cccn2)cc1. The van der Waals surface area contributed by atoms with Crippen LogP contribution in [0.1, 0.15) is 12.5 Å². The highest BCUT2D eigenvalue weighted by Crippen LogP contribution is 2.10. The molecular weight excluding hydrogens is 280 g/mol. The van der Waals surface area contributed by atoms with Crippen molar-refractivity contribution in [3.8, 4) is 5.75 Å². The third-order valence-corrected chi connectivity index (χ3v) is 3.28. The second kappa shape index (κ2) is 8.19. The Balaban J connectivity index is 1.66. The normalized spacial score (nSPS) is 11.9. The fourth-order valence-corrected chi connectivity index (χ4v) is 2.03. The molecule has 118 valence electrons. The van der Waals surface area contributed by atoms with Crippen molar-refractivity contribution in [3.05, 3.63) is 48.3 Å². The van der Waals surface area contributed by atoms with Crippen LogP contribution in [0, 0.1) is 0 Å². The number of methoxy groups -OCH3 is 1. The van der Waals surface area contributed by atoms with Gasteiger partial charge in [-0.3, -0.25) is 9.48 Å². The van der Waals surface area contributed by atoms with Crippen LogP contribution in [0.25, 0.3) is 0 Å². The number of benzene rings is 1. The molecule has 0 saturated heterocycles. The Morgan fingerprint density at radius 1 is 1.36 bits per heavy atom. The Morgan fingerprint density at radius 2 is 2.14 bits per heavy atom. The van der Waals surface area contributed by atoms with E-state index in [0.717, 1.165) is 17.9 Å². The fourth-order valence-electron chi connectivity index (χ4n) is 2.03. The zero-order valence-electron chi connectivity index (χ0n) is 13.0. The second-order valence-electron chi connectivity index (χ2n) is 5.13. The molecule has 2 rings (SSSR count). The molecule has 2 N–H and O–H groups in total. The van der Waals surface area contributed by atoms with Crippen molar-refractivity contribution in [1.29, 1.82) is 0 Å². The molecule has 0 spiro atoms. The summed E-state index contributed by atoms with van der Waals surface area (Å²) in [6, 6.07) is 9.69. The lowest BCUT2D eigenvalue weighted by molar-refractivity contribution is -0.120. The van der Waals surface area contributed by atoms with Crippen molar-refractivity contribution in [3.63, 3.8) is 0 Å². The first-order valence-electron chi connectivity index (χ1n) is 7.28. The van der Waals surface area contributed by atoms with E-state index >= 15 is 0 Å². The molecule has 0 aliphatic carbocycles. The molecule has 0 bridgehead atoms. The summed E-state index contributed by atoms with van der Waals surface area (Å²) in [6.45, 7) is 3.56. The highest BCUT2D eigenvalue weighted by molar-refractivity contribution is 5.78.